The highest BCUT2D eigenvalue weighted by atomic mass is 16.9. The van der Waals surface area contributed by atoms with Crippen LogP contribution in [-0.2, 0) is 14.2 Å². The van der Waals surface area contributed by atoms with E-state index in [-0.39, 0.29) is 11.7 Å². The summed E-state index contributed by atoms with van der Waals surface area (Å²) >= 11 is 0. The summed E-state index contributed by atoms with van der Waals surface area (Å²) in [6, 6.07) is 12.5. The van der Waals surface area contributed by atoms with Gasteiger partial charge in [-0.1, -0.05) is 11.1 Å². The summed E-state index contributed by atoms with van der Waals surface area (Å²) < 4.78 is 48.2. The molecule has 0 aliphatic carbocycles. The highest BCUT2D eigenvalue weighted by Gasteiger charge is 2.54. The molecule has 3 aliphatic rings. The maximum absolute atomic E-state index is 11.8. The molecule has 0 saturated carbocycles. The number of ether oxygens (including phenoxy) is 6. The third kappa shape index (κ3) is 7.20. The van der Waals surface area contributed by atoms with Crippen LogP contribution in [-0.4, -0.2) is 42.6 Å². The Morgan fingerprint density at radius 2 is 1.51 bits per heavy atom. The Labute approximate surface area is 286 Å². The van der Waals surface area contributed by atoms with Crippen molar-refractivity contribution in [3.8, 4) is 17.2 Å². The predicted molar refractivity (Wildman–Crippen MR) is 187 cm³/mol. The van der Waals surface area contributed by atoms with Crippen LogP contribution in [0.3, 0.4) is 0 Å². The Bertz CT molecular complexity index is 2010. The summed E-state index contributed by atoms with van der Waals surface area (Å²) in [6.07, 6.45) is 13.3. The summed E-state index contributed by atoms with van der Waals surface area (Å²) in [6.45, 7) is 13.4. The number of rotatable bonds is 12. The third-order valence-electron chi connectivity index (χ3n) is 9.61. The summed E-state index contributed by atoms with van der Waals surface area (Å²) in [4.78, 5) is 11.8. The first-order valence-electron chi connectivity index (χ1n) is 17.0. The van der Waals surface area contributed by atoms with E-state index in [2.05, 4.69) is 39.8 Å². The zero-order valence-electron chi connectivity index (χ0n) is 29.0. The molecule has 9 heteroatoms. The normalized spacial score (nSPS) is 24.0. The molecule has 1 spiro atoms. The standard InChI is InChI=1S/C40H44O9/c1-25(7-12-34-38(3,4)47-34)16-20-42-28-10-9-27-15-19-40(46-31(27)23-28)48-35(39(5,6)49-40)13-8-26(2)17-21-44-37-29-11-14-36(41)45-33(29)24-32-30(37)18-22-43-32/h9-11,14-19,22-24,34-35H,7-8,12-13,20-21H2,1-6H3/b25-16+,26-17+/t34?,35-,40-/m1/s1. The van der Waals surface area contributed by atoms with Gasteiger partial charge in [0, 0.05) is 29.8 Å². The quantitative estimate of drug-likeness (QED) is 0.0832. The van der Waals surface area contributed by atoms with Gasteiger partial charge in [-0.2, -0.15) is 0 Å². The van der Waals surface area contributed by atoms with Crippen molar-refractivity contribution < 1.29 is 37.3 Å². The second kappa shape index (κ2) is 12.9. The first-order valence-corrected chi connectivity index (χ1v) is 17.0. The molecule has 2 saturated heterocycles. The molecule has 7 rings (SSSR count). The van der Waals surface area contributed by atoms with Crippen LogP contribution in [0.1, 0.15) is 72.8 Å². The summed E-state index contributed by atoms with van der Waals surface area (Å²) in [5.74, 6) is 0.681. The zero-order chi connectivity index (χ0) is 34.4. The molecule has 0 N–H and O–H groups in total. The molecular weight excluding hydrogens is 624 g/mol. The molecule has 49 heavy (non-hydrogen) atoms. The fourth-order valence-electron chi connectivity index (χ4n) is 6.50. The minimum atomic E-state index is -1.31. The van der Waals surface area contributed by atoms with Gasteiger partial charge in [0.15, 0.2) is 0 Å². The molecule has 4 aromatic rings. The minimum absolute atomic E-state index is 0.0251. The first-order chi connectivity index (χ1) is 23.4. The number of furan rings is 1. The summed E-state index contributed by atoms with van der Waals surface area (Å²) in [5.41, 5.74) is 3.41. The number of benzene rings is 2. The van der Waals surface area contributed by atoms with Crippen LogP contribution < -0.4 is 19.8 Å². The molecule has 3 aliphatic heterocycles. The van der Waals surface area contributed by atoms with Crippen LogP contribution in [0, 0.1) is 0 Å². The van der Waals surface area contributed by atoms with Gasteiger partial charge in [0.25, 0.3) is 0 Å². The van der Waals surface area contributed by atoms with Gasteiger partial charge in [-0.05, 0) is 110 Å². The van der Waals surface area contributed by atoms with Gasteiger partial charge in [0.05, 0.1) is 40.4 Å². The Morgan fingerprint density at radius 1 is 0.816 bits per heavy atom. The van der Waals surface area contributed by atoms with Crippen LogP contribution in [0.2, 0.25) is 0 Å². The molecule has 2 aromatic carbocycles. The van der Waals surface area contributed by atoms with E-state index in [1.807, 2.05) is 50.3 Å². The maximum atomic E-state index is 11.8. The fourth-order valence-corrected chi connectivity index (χ4v) is 6.50. The monoisotopic (exact) mass is 668 g/mol. The van der Waals surface area contributed by atoms with Crippen molar-refractivity contribution in [3.05, 3.63) is 94.1 Å². The molecule has 5 heterocycles. The van der Waals surface area contributed by atoms with E-state index in [4.69, 9.17) is 37.3 Å². The van der Waals surface area contributed by atoms with E-state index < -0.39 is 17.2 Å². The first kappa shape index (κ1) is 33.2. The predicted octanol–water partition coefficient (Wildman–Crippen LogP) is 8.88. The molecule has 3 atom stereocenters. The number of hydrogen-bond donors (Lipinski definition) is 0. The van der Waals surface area contributed by atoms with Gasteiger partial charge < -0.3 is 37.3 Å². The number of hydrogen-bond acceptors (Lipinski definition) is 9. The zero-order valence-corrected chi connectivity index (χ0v) is 29.0. The second-order valence-corrected chi connectivity index (χ2v) is 14.3. The third-order valence-corrected chi connectivity index (χ3v) is 9.61. The smallest absolute Gasteiger partial charge is 0.350 e. The van der Waals surface area contributed by atoms with Crippen LogP contribution in [0.15, 0.2) is 91.7 Å². The van der Waals surface area contributed by atoms with E-state index in [1.165, 1.54) is 11.6 Å². The van der Waals surface area contributed by atoms with Crippen molar-refractivity contribution in [2.75, 3.05) is 13.2 Å². The van der Waals surface area contributed by atoms with Gasteiger partial charge in [0.2, 0.25) is 0 Å². The molecule has 0 bridgehead atoms. The average Bonchev–Trinajstić information content (AvgIpc) is 3.31. The highest BCUT2D eigenvalue weighted by molar-refractivity contribution is 6.01. The highest BCUT2D eigenvalue weighted by Crippen LogP contribution is 2.45. The van der Waals surface area contributed by atoms with Crippen LogP contribution in [0.25, 0.3) is 28.0 Å². The second-order valence-electron chi connectivity index (χ2n) is 14.3. The van der Waals surface area contributed by atoms with Crippen molar-refractivity contribution in [1.82, 2.24) is 0 Å². The molecule has 2 fully saturated rings. The van der Waals surface area contributed by atoms with Crippen LogP contribution in [0.4, 0.5) is 0 Å². The Kier molecular flexibility index (Phi) is 8.71. The van der Waals surface area contributed by atoms with Crippen molar-refractivity contribution in [2.45, 2.75) is 96.6 Å². The lowest BCUT2D eigenvalue weighted by atomic mass is 9.96. The molecule has 0 amide bonds. The van der Waals surface area contributed by atoms with Crippen molar-refractivity contribution in [1.29, 1.82) is 0 Å². The van der Waals surface area contributed by atoms with Gasteiger partial charge >= 0.3 is 11.6 Å². The van der Waals surface area contributed by atoms with E-state index >= 15 is 0 Å². The molecule has 258 valence electrons. The Morgan fingerprint density at radius 3 is 2.24 bits per heavy atom. The summed E-state index contributed by atoms with van der Waals surface area (Å²) in [5, 5.41) is 1.54. The lowest BCUT2D eigenvalue weighted by Gasteiger charge is -2.30. The van der Waals surface area contributed by atoms with Crippen molar-refractivity contribution in [2.24, 2.45) is 0 Å². The lowest BCUT2D eigenvalue weighted by Crippen LogP contribution is -2.38. The fraction of sp³-hybridized carbons (Fsp3) is 0.425. The molecule has 2 aromatic heterocycles. The van der Waals surface area contributed by atoms with Gasteiger partial charge in [-0.3, -0.25) is 0 Å². The molecular formula is C40H44O9. The van der Waals surface area contributed by atoms with Crippen molar-refractivity contribution in [3.63, 3.8) is 0 Å². The van der Waals surface area contributed by atoms with E-state index in [1.54, 1.807) is 18.4 Å². The number of fused-ring (bicyclic) bond motifs is 3. The van der Waals surface area contributed by atoms with E-state index in [9.17, 15) is 4.79 Å². The Hall–Kier alpha value is -4.31. The number of allylic oxidation sites excluding steroid dienone is 2. The lowest BCUT2D eigenvalue weighted by molar-refractivity contribution is -0.270. The van der Waals surface area contributed by atoms with Crippen LogP contribution >= 0.6 is 0 Å². The molecule has 0 radical (unpaired) electrons. The van der Waals surface area contributed by atoms with E-state index in [0.717, 1.165) is 53.3 Å². The SMILES string of the molecule is C/C(=C\COc1ccc2c(c1)O[C@]1(C=C2)O[C@H](CC/C(C)=C/COc2c3ccoc3cc3oc(=O)ccc23)C(C)(C)O1)CCC1OC1(C)C. The summed E-state index contributed by atoms with van der Waals surface area (Å²) in [7, 11) is 0. The topological polar surface area (TPSA) is 102 Å². The van der Waals surface area contributed by atoms with Crippen molar-refractivity contribution >= 4 is 28.0 Å². The minimum Gasteiger partial charge on any atom is -0.489 e. The van der Waals surface area contributed by atoms with Gasteiger partial charge in [-0.15, -0.1) is 0 Å². The average molecular weight is 669 g/mol. The molecule has 1 unspecified atom stereocenters. The van der Waals surface area contributed by atoms with Crippen LogP contribution in [0.5, 0.6) is 17.2 Å². The van der Waals surface area contributed by atoms with E-state index in [0.29, 0.717) is 42.0 Å². The van der Waals surface area contributed by atoms with Gasteiger partial charge in [-0.25, -0.2) is 4.79 Å². The van der Waals surface area contributed by atoms with Gasteiger partial charge in [0.1, 0.15) is 41.6 Å². The molecule has 9 nitrogen and oxygen atoms in total. The largest absolute Gasteiger partial charge is 0.489 e. The number of epoxide rings is 1. The maximum Gasteiger partial charge on any atom is 0.350 e. The Balaban J connectivity index is 0.939.